The summed E-state index contributed by atoms with van der Waals surface area (Å²) in [6, 6.07) is 3.97. The van der Waals surface area contributed by atoms with Crippen LogP contribution >= 0.6 is 0 Å². The zero-order valence-corrected chi connectivity index (χ0v) is 25.2. The molecule has 0 N–H and O–H groups in total. The van der Waals surface area contributed by atoms with Gasteiger partial charge in [0.05, 0.1) is 6.61 Å². The van der Waals surface area contributed by atoms with Crippen molar-refractivity contribution in [1.82, 2.24) is 4.98 Å². The van der Waals surface area contributed by atoms with Crippen LogP contribution in [0.1, 0.15) is 115 Å². The van der Waals surface area contributed by atoms with Gasteiger partial charge in [-0.1, -0.05) is 109 Å². The third-order valence-corrected chi connectivity index (χ3v) is 11.9. The smallest absolute Gasteiger partial charge is 0.323 e. The van der Waals surface area contributed by atoms with E-state index in [-0.39, 0.29) is 0 Å². The van der Waals surface area contributed by atoms with E-state index in [4.69, 9.17) is 13.0 Å². The van der Waals surface area contributed by atoms with Gasteiger partial charge in [0, 0.05) is 19.0 Å². The van der Waals surface area contributed by atoms with Crippen molar-refractivity contribution >= 4 is 17.1 Å². The maximum Gasteiger partial charge on any atom is 0.323 e. The van der Waals surface area contributed by atoms with E-state index in [1.165, 1.54) is 96.3 Å². The molecule has 1 rings (SSSR count). The van der Waals surface area contributed by atoms with Crippen molar-refractivity contribution in [2.24, 2.45) is 0 Å². The quantitative estimate of drug-likeness (QED) is 0.109. The SMILES string of the molecule is CCCCCCCCCCCCCCCCCCO[Si](C)(C)O[Si](C)(C)OCc1cccnc1. The molecule has 4 nitrogen and oxygen atoms in total. The normalized spacial score (nSPS) is 12.4. The first-order valence-electron chi connectivity index (χ1n) is 14.2. The lowest BCUT2D eigenvalue weighted by molar-refractivity contribution is 0.187. The van der Waals surface area contributed by atoms with Crippen molar-refractivity contribution in [3.63, 3.8) is 0 Å². The molecule has 1 aromatic rings. The Morgan fingerprint density at radius 2 is 1.12 bits per heavy atom. The van der Waals surface area contributed by atoms with Crippen molar-refractivity contribution in [3.05, 3.63) is 30.1 Å². The maximum absolute atomic E-state index is 6.39. The Hall–Kier alpha value is -0.536. The summed E-state index contributed by atoms with van der Waals surface area (Å²) < 4.78 is 18.7. The molecular weight excluding hydrogens is 454 g/mol. The molecule has 0 aromatic carbocycles. The molecule has 0 amide bonds. The fourth-order valence-corrected chi connectivity index (χ4v) is 10.7. The molecule has 0 aliphatic rings. The molecule has 1 aromatic heterocycles. The minimum atomic E-state index is -2.22. The Kier molecular flexibility index (Phi) is 18.2. The molecule has 1 heterocycles. The second-order valence-electron chi connectivity index (χ2n) is 10.7. The van der Waals surface area contributed by atoms with Gasteiger partial charge in [-0.05, 0) is 44.2 Å². The van der Waals surface area contributed by atoms with E-state index in [9.17, 15) is 0 Å². The van der Waals surface area contributed by atoms with Gasteiger partial charge >= 0.3 is 17.1 Å². The van der Waals surface area contributed by atoms with Crippen LogP contribution in [0.3, 0.4) is 0 Å². The Bertz CT molecular complexity index is 584. The van der Waals surface area contributed by atoms with E-state index >= 15 is 0 Å². The minimum Gasteiger partial charge on any atom is -0.415 e. The zero-order chi connectivity index (χ0) is 25.0. The van der Waals surface area contributed by atoms with Crippen LogP contribution in [0.5, 0.6) is 0 Å². The molecule has 0 aliphatic carbocycles. The van der Waals surface area contributed by atoms with E-state index in [1.54, 1.807) is 6.20 Å². The van der Waals surface area contributed by atoms with E-state index < -0.39 is 17.1 Å². The lowest BCUT2D eigenvalue weighted by Crippen LogP contribution is -2.48. The number of unbranched alkanes of at least 4 members (excludes halogenated alkanes) is 15. The van der Waals surface area contributed by atoms with Crippen LogP contribution in [-0.2, 0) is 19.6 Å². The number of hydrogen-bond donors (Lipinski definition) is 0. The highest BCUT2D eigenvalue weighted by Gasteiger charge is 2.36. The number of rotatable bonds is 23. The highest BCUT2D eigenvalue weighted by atomic mass is 28.5. The summed E-state index contributed by atoms with van der Waals surface area (Å²) >= 11 is 0. The standard InChI is InChI=1S/C28H55NO3Si2/c1-6-7-8-9-10-11-12-13-14-15-16-17-18-19-20-21-25-30-33(2,3)32-34(4,5)31-27-28-23-22-24-29-26-28/h22-24,26H,6-21,25,27H2,1-5H3. The molecule has 0 saturated heterocycles. The predicted molar refractivity (Wildman–Crippen MR) is 151 cm³/mol. The highest BCUT2D eigenvalue weighted by molar-refractivity contribution is 6.78. The van der Waals surface area contributed by atoms with Gasteiger partial charge in [-0.25, -0.2) is 0 Å². The lowest BCUT2D eigenvalue weighted by atomic mass is 10.0. The van der Waals surface area contributed by atoms with Crippen molar-refractivity contribution in [3.8, 4) is 0 Å². The molecule has 0 saturated carbocycles. The number of aromatic nitrogens is 1. The Morgan fingerprint density at radius 1 is 0.647 bits per heavy atom. The average molecular weight is 510 g/mol. The van der Waals surface area contributed by atoms with Gasteiger partial charge in [-0.2, -0.15) is 0 Å². The summed E-state index contributed by atoms with van der Waals surface area (Å²) in [5, 5.41) is 0. The maximum atomic E-state index is 6.39. The number of hydrogen-bond acceptors (Lipinski definition) is 4. The van der Waals surface area contributed by atoms with E-state index in [2.05, 4.69) is 38.1 Å². The summed E-state index contributed by atoms with van der Waals surface area (Å²) in [5.74, 6) is 0. The molecule has 6 heteroatoms. The molecule has 34 heavy (non-hydrogen) atoms. The van der Waals surface area contributed by atoms with Crippen LogP contribution in [0.15, 0.2) is 24.5 Å². The second-order valence-corrected chi connectivity index (χ2v) is 17.7. The fraction of sp³-hybridized carbons (Fsp3) is 0.821. The monoisotopic (exact) mass is 509 g/mol. The molecule has 0 spiro atoms. The first kappa shape index (κ1) is 31.5. The zero-order valence-electron chi connectivity index (χ0n) is 23.2. The fourth-order valence-electron chi connectivity index (χ4n) is 4.36. The first-order chi connectivity index (χ1) is 16.3. The van der Waals surface area contributed by atoms with Gasteiger partial charge in [0.15, 0.2) is 0 Å². The lowest BCUT2D eigenvalue weighted by Gasteiger charge is -2.32. The summed E-state index contributed by atoms with van der Waals surface area (Å²) in [5.41, 5.74) is 1.08. The summed E-state index contributed by atoms with van der Waals surface area (Å²) in [6.07, 6.45) is 25.9. The molecule has 0 unspecified atom stereocenters. The van der Waals surface area contributed by atoms with Crippen LogP contribution in [0.25, 0.3) is 0 Å². The van der Waals surface area contributed by atoms with Crippen LogP contribution in [0.4, 0.5) is 0 Å². The van der Waals surface area contributed by atoms with Crippen molar-refractivity contribution < 1.29 is 13.0 Å². The largest absolute Gasteiger partial charge is 0.415 e. The summed E-state index contributed by atoms with van der Waals surface area (Å²) in [7, 11) is -4.39. The topological polar surface area (TPSA) is 40.6 Å². The average Bonchev–Trinajstić information content (AvgIpc) is 2.80. The molecule has 0 bridgehead atoms. The third kappa shape index (κ3) is 18.7. The highest BCUT2D eigenvalue weighted by Crippen LogP contribution is 2.19. The van der Waals surface area contributed by atoms with Crippen molar-refractivity contribution in [1.29, 1.82) is 0 Å². The van der Waals surface area contributed by atoms with Crippen LogP contribution in [0, 0.1) is 0 Å². The Balaban J connectivity index is 1.93. The predicted octanol–water partition coefficient (Wildman–Crippen LogP) is 9.30. The Morgan fingerprint density at radius 3 is 1.59 bits per heavy atom. The van der Waals surface area contributed by atoms with Crippen molar-refractivity contribution in [2.45, 2.75) is 142 Å². The van der Waals surface area contributed by atoms with Gasteiger partial charge in [0.25, 0.3) is 0 Å². The van der Waals surface area contributed by atoms with Crippen LogP contribution < -0.4 is 0 Å². The van der Waals surface area contributed by atoms with Gasteiger partial charge in [0.1, 0.15) is 0 Å². The molecule has 0 radical (unpaired) electrons. The van der Waals surface area contributed by atoms with Gasteiger partial charge < -0.3 is 13.0 Å². The van der Waals surface area contributed by atoms with E-state index in [1.807, 2.05) is 18.3 Å². The van der Waals surface area contributed by atoms with E-state index in [0.29, 0.717) is 6.61 Å². The third-order valence-electron chi connectivity index (χ3n) is 6.25. The number of pyridine rings is 1. The van der Waals surface area contributed by atoms with Crippen LogP contribution in [-0.4, -0.2) is 28.7 Å². The second kappa shape index (κ2) is 19.6. The van der Waals surface area contributed by atoms with Crippen molar-refractivity contribution in [2.75, 3.05) is 6.61 Å². The molecule has 0 aliphatic heterocycles. The number of nitrogens with zero attached hydrogens (tertiary/aromatic N) is 1. The summed E-state index contributed by atoms with van der Waals surface area (Å²) in [6.45, 7) is 12.1. The summed E-state index contributed by atoms with van der Waals surface area (Å²) in [4.78, 5) is 4.15. The minimum absolute atomic E-state index is 0.552. The van der Waals surface area contributed by atoms with Gasteiger partial charge in [-0.15, -0.1) is 0 Å². The van der Waals surface area contributed by atoms with Gasteiger partial charge in [-0.3, -0.25) is 4.98 Å². The molecular formula is C28H55NO3Si2. The molecule has 0 atom stereocenters. The first-order valence-corrected chi connectivity index (χ1v) is 19.8. The van der Waals surface area contributed by atoms with E-state index in [0.717, 1.165) is 18.6 Å². The van der Waals surface area contributed by atoms with Gasteiger partial charge in [0.2, 0.25) is 0 Å². The molecule has 198 valence electrons. The molecule has 0 fully saturated rings. The van der Waals surface area contributed by atoms with Crippen LogP contribution in [0.2, 0.25) is 26.2 Å². The Labute approximate surface area is 214 Å².